The molecule has 0 aromatic heterocycles. The van der Waals surface area contributed by atoms with Gasteiger partial charge in [-0.25, -0.2) is 0 Å². The standard InChI is InChI=1S/C17H18N2O2/c1-3-13-8-4-6-10-15(13)19-17(21)14-9-5-7-11-16(14)18-12(2)20/h4-11H,3H2,1-2H3,(H,18,20)(H,19,21). The maximum Gasteiger partial charge on any atom is 0.257 e. The van der Waals surface area contributed by atoms with E-state index in [-0.39, 0.29) is 11.8 Å². The molecular formula is C17H18N2O2. The molecule has 21 heavy (non-hydrogen) atoms. The molecule has 2 rings (SSSR count). The zero-order valence-electron chi connectivity index (χ0n) is 12.1. The molecule has 0 radical (unpaired) electrons. The monoisotopic (exact) mass is 282 g/mol. The van der Waals surface area contributed by atoms with Crippen molar-refractivity contribution in [1.82, 2.24) is 0 Å². The minimum atomic E-state index is -0.236. The van der Waals surface area contributed by atoms with Crippen molar-refractivity contribution in [3.63, 3.8) is 0 Å². The quantitative estimate of drug-likeness (QED) is 0.902. The van der Waals surface area contributed by atoms with Crippen LogP contribution in [0.15, 0.2) is 48.5 Å². The highest BCUT2D eigenvalue weighted by Gasteiger charge is 2.13. The molecule has 0 aliphatic heterocycles. The van der Waals surface area contributed by atoms with Crippen molar-refractivity contribution < 1.29 is 9.59 Å². The fraction of sp³-hybridized carbons (Fsp3) is 0.176. The average Bonchev–Trinajstić information content (AvgIpc) is 2.47. The second kappa shape index (κ2) is 6.70. The zero-order valence-corrected chi connectivity index (χ0v) is 12.1. The lowest BCUT2D eigenvalue weighted by Crippen LogP contribution is -2.17. The van der Waals surface area contributed by atoms with Crippen molar-refractivity contribution in [3.8, 4) is 0 Å². The van der Waals surface area contributed by atoms with Crippen molar-refractivity contribution in [3.05, 3.63) is 59.7 Å². The first kappa shape index (κ1) is 14.8. The molecule has 0 atom stereocenters. The zero-order chi connectivity index (χ0) is 15.2. The number of carbonyl (C=O) groups excluding carboxylic acids is 2. The molecule has 0 heterocycles. The number of nitrogens with one attached hydrogen (secondary N) is 2. The van der Waals surface area contributed by atoms with E-state index in [1.807, 2.05) is 31.2 Å². The summed E-state index contributed by atoms with van der Waals surface area (Å²) in [6.07, 6.45) is 0.837. The van der Waals surface area contributed by atoms with Gasteiger partial charge in [-0.3, -0.25) is 9.59 Å². The van der Waals surface area contributed by atoms with Gasteiger partial charge in [-0.2, -0.15) is 0 Å². The molecule has 108 valence electrons. The van der Waals surface area contributed by atoms with Gasteiger partial charge in [0, 0.05) is 12.6 Å². The largest absolute Gasteiger partial charge is 0.326 e. The van der Waals surface area contributed by atoms with Gasteiger partial charge in [-0.05, 0) is 30.2 Å². The van der Waals surface area contributed by atoms with Gasteiger partial charge in [0.15, 0.2) is 0 Å². The summed E-state index contributed by atoms with van der Waals surface area (Å²) in [5.74, 6) is -0.440. The van der Waals surface area contributed by atoms with E-state index in [0.717, 1.165) is 17.7 Å². The Bertz CT molecular complexity index is 665. The molecule has 2 amide bonds. The Hall–Kier alpha value is -2.62. The normalized spacial score (nSPS) is 10.0. The summed E-state index contributed by atoms with van der Waals surface area (Å²) in [5.41, 5.74) is 2.82. The number of carbonyl (C=O) groups is 2. The van der Waals surface area contributed by atoms with Crippen LogP contribution in [0, 0.1) is 0 Å². The Balaban J connectivity index is 2.26. The first-order valence-electron chi connectivity index (χ1n) is 6.87. The van der Waals surface area contributed by atoms with Crippen molar-refractivity contribution in [2.75, 3.05) is 10.6 Å². The van der Waals surface area contributed by atoms with Gasteiger partial charge in [0.2, 0.25) is 5.91 Å². The predicted molar refractivity (Wildman–Crippen MR) is 84.5 cm³/mol. The minimum Gasteiger partial charge on any atom is -0.326 e. The van der Waals surface area contributed by atoms with Gasteiger partial charge < -0.3 is 10.6 Å². The molecule has 0 saturated heterocycles. The maximum atomic E-state index is 12.4. The Morgan fingerprint density at radius 2 is 1.52 bits per heavy atom. The van der Waals surface area contributed by atoms with Crippen LogP contribution in [0.4, 0.5) is 11.4 Å². The van der Waals surface area contributed by atoms with Crippen molar-refractivity contribution >= 4 is 23.2 Å². The Kier molecular flexibility index (Phi) is 4.72. The van der Waals surface area contributed by atoms with E-state index in [4.69, 9.17) is 0 Å². The minimum absolute atomic E-state index is 0.204. The topological polar surface area (TPSA) is 58.2 Å². The Morgan fingerprint density at radius 3 is 2.19 bits per heavy atom. The number of rotatable bonds is 4. The van der Waals surface area contributed by atoms with Gasteiger partial charge in [0.1, 0.15) is 0 Å². The Labute approximate surface area is 124 Å². The van der Waals surface area contributed by atoms with E-state index in [2.05, 4.69) is 10.6 Å². The highest BCUT2D eigenvalue weighted by molar-refractivity contribution is 6.10. The van der Waals surface area contributed by atoms with Gasteiger partial charge >= 0.3 is 0 Å². The molecule has 0 unspecified atom stereocenters. The lowest BCUT2D eigenvalue weighted by Gasteiger charge is -2.12. The number of hydrogen-bond acceptors (Lipinski definition) is 2. The molecular weight excluding hydrogens is 264 g/mol. The average molecular weight is 282 g/mol. The number of amides is 2. The lowest BCUT2D eigenvalue weighted by atomic mass is 10.1. The Morgan fingerprint density at radius 1 is 0.905 bits per heavy atom. The second-order valence-corrected chi connectivity index (χ2v) is 4.69. The van der Waals surface area contributed by atoms with E-state index >= 15 is 0 Å². The molecule has 0 aliphatic carbocycles. The van der Waals surface area contributed by atoms with Crippen LogP contribution in [0.5, 0.6) is 0 Å². The molecule has 0 aliphatic rings. The molecule has 0 fully saturated rings. The van der Waals surface area contributed by atoms with E-state index < -0.39 is 0 Å². The van der Waals surface area contributed by atoms with Gasteiger partial charge in [0.25, 0.3) is 5.91 Å². The van der Waals surface area contributed by atoms with Gasteiger partial charge in [-0.1, -0.05) is 37.3 Å². The molecule has 0 saturated carbocycles. The van der Waals surface area contributed by atoms with E-state index in [1.54, 1.807) is 24.3 Å². The molecule has 0 bridgehead atoms. The van der Waals surface area contributed by atoms with E-state index in [0.29, 0.717) is 11.3 Å². The molecule has 2 aromatic rings. The van der Waals surface area contributed by atoms with Gasteiger partial charge in [0.05, 0.1) is 11.3 Å². The van der Waals surface area contributed by atoms with E-state index in [9.17, 15) is 9.59 Å². The summed E-state index contributed by atoms with van der Waals surface area (Å²) in [4.78, 5) is 23.6. The fourth-order valence-electron chi connectivity index (χ4n) is 2.12. The fourth-order valence-corrected chi connectivity index (χ4v) is 2.12. The van der Waals surface area contributed by atoms with Crippen LogP contribution >= 0.6 is 0 Å². The van der Waals surface area contributed by atoms with Crippen LogP contribution in [0.25, 0.3) is 0 Å². The SMILES string of the molecule is CCc1ccccc1NC(=O)c1ccccc1NC(C)=O. The highest BCUT2D eigenvalue weighted by atomic mass is 16.2. The molecule has 4 heteroatoms. The number of anilines is 2. The third-order valence-electron chi connectivity index (χ3n) is 3.13. The van der Waals surface area contributed by atoms with E-state index in [1.165, 1.54) is 6.92 Å². The second-order valence-electron chi connectivity index (χ2n) is 4.69. The third kappa shape index (κ3) is 3.69. The molecule has 4 nitrogen and oxygen atoms in total. The summed E-state index contributed by atoms with van der Waals surface area (Å²) in [5, 5.41) is 5.57. The maximum absolute atomic E-state index is 12.4. The van der Waals surface area contributed by atoms with Crippen LogP contribution in [-0.2, 0) is 11.2 Å². The summed E-state index contributed by atoms with van der Waals surface area (Å²) in [6.45, 7) is 3.46. The predicted octanol–water partition coefficient (Wildman–Crippen LogP) is 3.46. The lowest BCUT2D eigenvalue weighted by molar-refractivity contribution is -0.114. The molecule has 2 aromatic carbocycles. The number of hydrogen-bond donors (Lipinski definition) is 2. The highest BCUT2D eigenvalue weighted by Crippen LogP contribution is 2.20. The summed E-state index contributed by atoms with van der Waals surface area (Å²) < 4.78 is 0. The third-order valence-corrected chi connectivity index (χ3v) is 3.13. The van der Waals surface area contributed by atoms with Crippen LogP contribution in [0.3, 0.4) is 0 Å². The van der Waals surface area contributed by atoms with Crippen LogP contribution in [-0.4, -0.2) is 11.8 Å². The number of para-hydroxylation sites is 2. The van der Waals surface area contributed by atoms with Crippen LogP contribution in [0.1, 0.15) is 29.8 Å². The van der Waals surface area contributed by atoms with Crippen molar-refractivity contribution in [1.29, 1.82) is 0 Å². The number of aryl methyl sites for hydroxylation is 1. The molecule has 2 N–H and O–H groups in total. The first-order valence-corrected chi connectivity index (χ1v) is 6.87. The summed E-state index contributed by atoms with van der Waals surface area (Å²) >= 11 is 0. The van der Waals surface area contributed by atoms with Crippen LogP contribution in [0.2, 0.25) is 0 Å². The van der Waals surface area contributed by atoms with Crippen molar-refractivity contribution in [2.45, 2.75) is 20.3 Å². The van der Waals surface area contributed by atoms with Crippen molar-refractivity contribution in [2.24, 2.45) is 0 Å². The summed E-state index contributed by atoms with van der Waals surface area (Å²) in [6, 6.07) is 14.6. The molecule has 0 spiro atoms. The first-order chi connectivity index (χ1) is 10.1. The van der Waals surface area contributed by atoms with Crippen LogP contribution < -0.4 is 10.6 Å². The smallest absolute Gasteiger partial charge is 0.257 e. The number of benzene rings is 2. The summed E-state index contributed by atoms with van der Waals surface area (Å²) in [7, 11) is 0. The van der Waals surface area contributed by atoms with Gasteiger partial charge in [-0.15, -0.1) is 0 Å².